The fourth-order valence-electron chi connectivity index (χ4n) is 3.51. The molecule has 6 heteroatoms. The quantitative estimate of drug-likeness (QED) is 0.723. The molecule has 0 bridgehead atoms. The average Bonchev–Trinajstić information content (AvgIpc) is 3.04. The van der Waals surface area contributed by atoms with Gasteiger partial charge in [0.05, 0.1) is 13.2 Å². The first-order chi connectivity index (χ1) is 10.3. The van der Waals surface area contributed by atoms with Crippen molar-refractivity contribution in [3.8, 4) is 0 Å². The zero-order valence-electron chi connectivity index (χ0n) is 12.6. The zero-order chi connectivity index (χ0) is 14.7. The van der Waals surface area contributed by atoms with E-state index in [2.05, 4.69) is 0 Å². The molecule has 3 aliphatic rings. The normalized spacial score (nSPS) is 27.0. The van der Waals surface area contributed by atoms with Crippen LogP contribution in [0.1, 0.15) is 32.1 Å². The third-order valence-electron chi connectivity index (χ3n) is 4.73. The summed E-state index contributed by atoms with van der Waals surface area (Å²) in [5, 5.41) is 0. The number of carbonyl (C=O) groups is 2. The lowest BCUT2D eigenvalue weighted by atomic mass is 10.1. The maximum Gasteiger partial charge on any atom is 0.320 e. The molecule has 3 saturated heterocycles. The number of urea groups is 1. The monoisotopic (exact) mass is 295 g/mol. The minimum absolute atomic E-state index is 0.0196. The fourth-order valence-corrected chi connectivity index (χ4v) is 3.51. The molecule has 1 atom stereocenters. The third-order valence-corrected chi connectivity index (χ3v) is 4.73. The first-order valence-corrected chi connectivity index (χ1v) is 8.19. The van der Waals surface area contributed by atoms with Crippen LogP contribution in [0.5, 0.6) is 0 Å². The van der Waals surface area contributed by atoms with E-state index in [4.69, 9.17) is 4.74 Å². The summed E-state index contributed by atoms with van der Waals surface area (Å²) in [6.45, 7) is 4.90. The van der Waals surface area contributed by atoms with Crippen LogP contribution in [0.25, 0.3) is 0 Å². The van der Waals surface area contributed by atoms with Crippen molar-refractivity contribution in [1.29, 1.82) is 0 Å². The second-order valence-corrected chi connectivity index (χ2v) is 6.12. The fraction of sp³-hybridized carbons (Fsp3) is 0.867. The summed E-state index contributed by atoms with van der Waals surface area (Å²) in [5.41, 5.74) is 0. The largest absolute Gasteiger partial charge is 0.378 e. The van der Waals surface area contributed by atoms with E-state index in [1.54, 1.807) is 4.90 Å². The van der Waals surface area contributed by atoms with Crippen LogP contribution in [0.4, 0.5) is 4.79 Å². The van der Waals surface area contributed by atoms with Gasteiger partial charge in [-0.3, -0.25) is 4.79 Å². The molecule has 0 aliphatic carbocycles. The molecule has 3 rings (SSSR count). The standard InChI is InChI=1S/C15H25N3O3/c19-14(16-6-2-1-3-7-16)13-5-4-8-18(13)15(20)17-9-11-21-12-10-17/h13H,1-12H2/t13-/m0/s1. The van der Waals surface area contributed by atoms with E-state index < -0.39 is 0 Å². The highest BCUT2D eigenvalue weighted by atomic mass is 16.5. The van der Waals surface area contributed by atoms with Crippen LogP contribution in [0, 0.1) is 0 Å². The predicted octanol–water partition coefficient (Wildman–Crippen LogP) is 0.915. The number of nitrogens with zero attached hydrogens (tertiary/aromatic N) is 3. The summed E-state index contributed by atoms with van der Waals surface area (Å²) in [7, 11) is 0. The number of amides is 3. The van der Waals surface area contributed by atoms with Crippen molar-refractivity contribution in [1.82, 2.24) is 14.7 Å². The Labute approximate surface area is 126 Å². The molecule has 0 saturated carbocycles. The van der Waals surface area contributed by atoms with Crippen LogP contribution >= 0.6 is 0 Å². The topological polar surface area (TPSA) is 53.1 Å². The molecule has 3 aliphatic heterocycles. The van der Waals surface area contributed by atoms with Gasteiger partial charge in [0.25, 0.3) is 0 Å². The zero-order valence-corrected chi connectivity index (χ0v) is 12.6. The Kier molecular flexibility index (Phi) is 4.63. The Hall–Kier alpha value is -1.30. The number of carbonyl (C=O) groups excluding carboxylic acids is 2. The van der Waals surface area contributed by atoms with Gasteiger partial charge in [-0.1, -0.05) is 0 Å². The minimum Gasteiger partial charge on any atom is -0.378 e. The van der Waals surface area contributed by atoms with E-state index in [-0.39, 0.29) is 18.0 Å². The van der Waals surface area contributed by atoms with Gasteiger partial charge in [-0.15, -0.1) is 0 Å². The predicted molar refractivity (Wildman–Crippen MR) is 77.9 cm³/mol. The molecule has 6 nitrogen and oxygen atoms in total. The Morgan fingerprint density at radius 2 is 1.52 bits per heavy atom. The van der Waals surface area contributed by atoms with Crippen LogP contribution in [0.2, 0.25) is 0 Å². The molecule has 0 aromatic heterocycles. The van der Waals surface area contributed by atoms with E-state index in [1.165, 1.54) is 6.42 Å². The van der Waals surface area contributed by atoms with Crippen LogP contribution in [-0.4, -0.2) is 78.6 Å². The van der Waals surface area contributed by atoms with Crippen molar-refractivity contribution < 1.29 is 14.3 Å². The molecule has 3 amide bonds. The maximum atomic E-state index is 12.7. The van der Waals surface area contributed by atoms with Crippen molar-refractivity contribution in [2.45, 2.75) is 38.1 Å². The molecule has 21 heavy (non-hydrogen) atoms. The van der Waals surface area contributed by atoms with Crippen molar-refractivity contribution in [2.24, 2.45) is 0 Å². The minimum atomic E-state index is -0.238. The highest BCUT2D eigenvalue weighted by molar-refractivity contribution is 5.87. The first kappa shape index (κ1) is 14.6. The molecule has 3 heterocycles. The molecule has 0 N–H and O–H groups in total. The number of morpholine rings is 1. The second-order valence-electron chi connectivity index (χ2n) is 6.12. The van der Waals surface area contributed by atoms with Gasteiger partial charge in [-0.05, 0) is 32.1 Å². The van der Waals surface area contributed by atoms with Crippen molar-refractivity contribution in [3.63, 3.8) is 0 Å². The molecule has 0 aromatic carbocycles. The van der Waals surface area contributed by atoms with Gasteiger partial charge < -0.3 is 19.4 Å². The molecule has 0 aromatic rings. The van der Waals surface area contributed by atoms with Crippen LogP contribution in [0.15, 0.2) is 0 Å². The molecule has 0 radical (unpaired) electrons. The number of hydrogen-bond acceptors (Lipinski definition) is 3. The molecule has 118 valence electrons. The average molecular weight is 295 g/mol. The van der Waals surface area contributed by atoms with Crippen LogP contribution < -0.4 is 0 Å². The van der Waals surface area contributed by atoms with Gasteiger partial charge >= 0.3 is 6.03 Å². The number of hydrogen-bond donors (Lipinski definition) is 0. The summed E-state index contributed by atoms with van der Waals surface area (Å²) in [5.74, 6) is 0.161. The third kappa shape index (κ3) is 3.15. The van der Waals surface area contributed by atoms with Gasteiger partial charge in [0.15, 0.2) is 0 Å². The van der Waals surface area contributed by atoms with Gasteiger partial charge in [-0.2, -0.15) is 0 Å². The number of piperidine rings is 1. The van der Waals surface area contributed by atoms with Crippen molar-refractivity contribution in [3.05, 3.63) is 0 Å². The van der Waals surface area contributed by atoms with E-state index in [9.17, 15) is 9.59 Å². The molecule has 0 spiro atoms. The number of rotatable bonds is 1. The lowest BCUT2D eigenvalue weighted by Crippen LogP contribution is -2.54. The van der Waals surface area contributed by atoms with Crippen LogP contribution in [0.3, 0.4) is 0 Å². The van der Waals surface area contributed by atoms with Gasteiger partial charge in [-0.25, -0.2) is 4.79 Å². The first-order valence-electron chi connectivity index (χ1n) is 8.19. The summed E-state index contributed by atoms with van der Waals surface area (Å²) in [6, 6.07) is -0.218. The lowest BCUT2D eigenvalue weighted by Gasteiger charge is -2.36. The number of likely N-dealkylation sites (tertiary alicyclic amines) is 2. The highest BCUT2D eigenvalue weighted by Gasteiger charge is 2.38. The molecular weight excluding hydrogens is 270 g/mol. The molecular formula is C15H25N3O3. The molecule has 0 unspecified atom stereocenters. The lowest BCUT2D eigenvalue weighted by molar-refractivity contribution is -0.136. The Morgan fingerprint density at radius 3 is 2.24 bits per heavy atom. The van der Waals surface area contributed by atoms with Crippen molar-refractivity contribution >= 4 is 11.9 Å². The van der Waals surface area contributed by atoms with Gasteiger partial charge in [0, 0.05) is 32.7 Å². The van der Waals surface area contributed by atoms with E-state index in [0.29, 0.717) is 32.8 Å². The SMILES string of the molecule is O=C([C@@H]1CCCN1C(=O)N1CCOCC1)N1CCCCC1. The van der Waals surface area contributed by atoms with Crippen molar-refractivity contribution in [2.75, 3.05) is 45.9 Å². The summed E-state index contributed by atoms with van der Waals surface area (Å²) in [4.78, 5) is 30.9. The van der Waals surface area contributed by atoms with Crippen LogP contribution in [-0.2, 0) is 9.53 Å². The Bertz CT molecular complexity index is 354. The smallest absolute Gasteiger partial charge is 0.320 e. The van der Waals surface area contributed by atoms with E-state index >= 15 is 0 Å². The maximum absolute atomic E-state index is 12.7. The second kappa shape index (κ2) is 6.64. The molecule has 3 fully saturated rings. The summed E-state index contributed by atoms with van der Waals surface area (Å²) >= 11 is 0. The van der Waals surface area contributed by atoms with E-state index in [0.717, 1.165) is 38.8 Å². The Balaban J connectivity index is 1.63. The summed E-state index contributed by atoms with van der Waals surface area (Å²) < 4.78 is 5.29. The number of ether oxygens (including phenoxy) is 1. The Morgan fingerprint density at radius 1 is 0.810 bits per heavy atom. The highest BCUT2D eigenvalue weighted by Crippen LogP contribution is 2.23. The van der Waals surface area contributed by atoms with Gasteiger partial charge in [0.2, 0.25) is 5.91 Å². The van der Waals surface area contributed by atoms with E-state index in [1.807, 2.05) is 9.80 Å². The van der Waals surface area contributed by atoms with Gasteiger partial charge in [0.1, 0.15) is 6.04 Å². The summed E-state index contributed by atoms with van der Waals surface area (Å²) in [6.07, 6.45) is 5.14.